The molecule has 1 fully saturated rings. The summed E-state index contributed by atoms with van der Waals surface area (Å²) in [6.45, 7) is 3.87. The summed E-state index contributed by atoms with van der Waals surface area (Å²) >= 11 is 0. The van der Waals surface area contributed by atoms with E-state index in [-0.39, 0.29) is 17.9 Å². The van der Waals surface area contributed by atoms with E-state index in [1.807, 2.05) is 23.1 Å². The second kappa shape index (κ2) is 6.05. The first kappa shape index (κ1) is 14.5. The van der Waals surface area contributed by atoms with E-state index in [0.717, 1.165) is 18.7 Å². The minimum absolute atomic E-state index is 0.0891. The minimum Gasteiger partial charge on any atom is -0.355 e. The molecule has 0 saturated carbocycles. The molecule has 1 aromatic carbocycles. The zero-order chi connectivity index (χ0) is 14.7. The number of nitrogens with zero attached hydrogens (tertiary/aromatic N) is 2. The van der Waals surface area contributed by atoms with E-state index < -0.39 is 0 Å². The predicted molar refractivity (Wildman–Crippen MR) is 77.5 cm³/mol. The van der Waals surface area contributed by atoms with E-state index in [1.54, 1.807) is 20.0 Å². The zero-order valence-corrected chi connectivity index (χ0v) is 12.2. The Balaban J connectivity index is 2.24. The van der Waals surface area contributed by atoms with Gasteiger partial charge in [-0.25, -0.2) is 0 Å². The minimum atomic E-state index is -0.0891. The maximum absolute atomic E-state index is 11.7. The van der Waals surface area contributed by atoms with Crippen molar-refractivity contribution in [2.75, 3.05) is 33.7 Å². The summed E-state index contributed by atoms with van der Waals surface area (Å²) in [5.41, 5.74) is 1.72. The van der Waals surface area contributed by atoms with Crippen LogP contribution in [0.5, 0.6) is 0 Å². The summed E-state index contributed by atoms with van der Waals surface area (Å²) < 4.78 is 0. The van der Waals surface area contributed by atoms with Crippen LogP contribution in [-0.4, -0.2) is 55.3 Å². The molecular weight excluding hydrogens is 254 g/mol. The SMILES string of the molecule is CNC(=O)c1cccc(C2CN(C(C)=O)CCN2C)c1. The summed E-state index contributed by atoms with van der Waals surface area (Å²) in [4.78, 5) is 27.3. The highest BCUT2D eigenvalue weighted by molar-refractivity contribution is 5.94. The number of piperazine rings is 1. The molecule has 0 spiro atoms. The molecule has 0 bridgehead atoms. The predicted octanol–water partition coefficient (Wildman–Crippen LogP) is 0.881. The fourth-order valence-electron chi connectivity index (χ4n) is 2.55. The van der Waals surface area contributed by atoms with Gasteiger partial charge in [0.05, 0.1) is 6.04 Å². The van der Waals surface area contributed by atoms with Crippen LogP contribution in [0.4, 0.5) is 0 Å². The number of amides is 2. The number of hydrogen-bond donors (Lipinski definition) is 1. The van der Waals surface area contributed by atoms with Crippen LogP contribution >= 0.6 is 0 Å². The molecule has 108 valence electrons. The quantitative estimate of drug-likeness (QED) is 0.872. The average Bonchev–Trinajstić information content (AvgIpc) is 2.46. The number of likely N-dealkylation sites (N-methyl/N-ethyl adjacent to an activating group) is 1. The van der Waals surface area contributed by atoms with Crippen LogP contribution < -0.4 is 5.32 Å². The molecule has 1 heterocycles. The highest BCUT2D eigenvalue weighted by Crippen LogP contribution is 2.24. The van der Waals surface area contributed by atoms with Gasteiger partial charge in [0.1, 0.15) is 0 Å². The molecule has 1 unspecified atom stereocenters. The Hall–Kier alpha value is -1.88. The summed E-state index contributed by atoms with van der Waals surface area (Å²) in [7, 11) is 3.67. The molecule has 0 aromatic heterocycles. The molecule has 1 aromatic rings. The lowest BCUT2D eigenvalue weighted by molar-refractivity contribution is -0.131. The molecule has 2 rings (SSSR count). The van der Waals surface area contributed by atoms with Crippen LogP contribution in [0, 0.1) is 0 Å². The average molecular weight is 275 g/mol. The monoisotopic (exact) mass is 275 g/mol. The lowest BCUT2D eigenvalue weighted by Crippen LogP contribution is -2.48. The number of benzene rings is 1. The third-order valence-corrected chi connectivity index (χ3v) is 3.85. The molecule has 1 N–H and O–H groups in total. The van der Waals surface area contributed by atoms with Crippen LogP contribution in [0.25, 0.3) is 0 Å². The Morgan fingerprint density at radius 1 is 1.30 bits per heavy atom. The second-order valence-electron chi connectivity index (χ2n) is 5.17. The zero-order valence-electron chi connectivity index (χ0n) is 12.2. The summed E-state index contributed by atoms with van der Waals surface area (Å²) in [6.07, 6.45) is 0. The molecule has 1 saturated heterocycles. The van der Waals surface area contributed by atoms with Crippen molar-refractivity contribution in [2.24, 2.45) is 0 Å². The van der Waals surface area contributed by atoms with Gasteiger partial charge in [0.2, 0.25) is 5.91 Å². The summed E-state index contributed by atoms with van der Waals surface area (Å²) in [5.74, 6) is 0.0132. The number of nitrogens with one attached hydrogen (secondary N) is 1. The third-order valence-electron chi connectivity index (χ3n) is 3.85. The van der Waals surface area contributed by atoms with Crippen molar-refractivity contribution in [1.29, 1.82) is 0 Å². The Kier molecular flexibility index (Phi) is 4.39. The van der Waals surface area contributed by atoms with Gasteiger partial charge in [0, 0.05) is 39.2 Å². The molecule has 0 aliphatic carbocycles. The van der Waals surface area contributed by atoms with Crippen molar-refractivity contribution < 1.29 is 9.59 Å². The number of carbonyl (C=O) groups excluding carboxylic acids is 2. The Bertz CT molecular complexity index is 516. The van der Waals surface area contributed by atoms with Crippen molar-refractivity contribution in [3.63, 3.8) is 0 Å². The topological polar surface area (TPSA) is 52.7 Å². The van der Waals surface area contributed by atoms with Crippen molar-refractivity contribution in [2.45, 2.75) is 13.0 Å². The molecule has 1 aliphatic rings. The van der Waals surface area contributed by atoms with E-state index in [9.17, 15) is 9.59 Å². The van der Waals surface area contributed by atoms with Gasteiger partial charge in [-0.1, -0.05) is 12.1 Å². The van der Waals surface area contributed by atoms with E-state index in [2.05, 4.69) is 17.3 Å². The first-order valence-corrected chi connectivity index (χ1v) is 6.80. The van der Waals surface area contributed by atoms with Gasteiger partial charge in [-0.15, -0.1) is 0 Å². The van der Waals surface area contributed by atoms with Crippen molar-refractivity contribution in [3.05, 3.63) is 35.4 Å². The second-order valence-corrected chi connectivity index (χ2v) is 5.17. The molecule has 2 amide bonds. The van der Waals surface area contributed by atoms with Crippen molar-refractivity contribution in [1.82, 2.24) is 15.1 Å². The number of carbonyl (C=O) groups is 2. The lowest BCUT2D eigenvalue weighted by Gasteiger charge is -2.39. The fraction of sp³-hybridized carbons (Fsp3) is 0.467. The normalized spacial score (nSPS) is 19.8. The smallest absolute Gasteiger partial charge is 0.251 e. The first-order chi connectivity index (χ1) is 9.52. The fourth-order valence-corrected chi connectivity index (χ4v) is 2.55. The van der Waals surface area contributed by atoms with Gasteiger partial charge in [-0.2, -0.15) is 0 Å². The highest BCUT2D eigenvalue weighted by Gasteiger charge is 2.27. The largest absolute Gasteiger partial charge is 0.355 e. The first-order valence-electron chi connectivity index (χ1n) is 6.80. The molecule has 5 nitrogen and oxygen atoms in total. The Morgan fingerprint density at radius 3 is 2.70 bits per heavy atom. The molecule has 0 radical (unpaired) electrons. The van der Waals surface area contributed by atoms with Crippen LogP contribution in [0.1, 0.15) is 28.9 Å². The Labute approximate surface area is 119 Å². The molecule has 5 heteroatoms. The molecular formula is C15H21N3O2. The van der Waals surface area contributed by atoms with Gasteiger partial charge in [0.15, 0.2) is 0 Å². The maximum Gasteiger partial charge on any atom is 0.251 e. The van der Waals surface area contributed by atoms with Crippen LogP contribution in [-0.2, 0) is 4.79 Å². The van der Waals surface area contributed by atoms with Crippen LogP contribution in [0.2, 0.25) is 0 Å². The van der Waals surface area contributed by atoms with E-state index in [4.69, 9.17) is 0 Å². The number of rotatable bonds is 2. The summed E-state index contributed by atoms with van der Waals surface area (Å²) in [5, 5.41) is 2.63. The van der Waals surface area contributed by atoms with Gasteiger partial charge >= 0.3 is 0 Å². The summed E-state index contributed by atoms with van der Waals surface area (Å²) in [6, 6.07) is 7.74. The van der Waals surface area contributed by atoms with Gasteiger partial charge in [-0.3, -0.25) is 14.5 Å². The maximum atomic E-state index is 11.7. The van der Waals surface area contributed by atoms with Gasteiger partial charge < -0.3 is 10.2 Å². The number of hydrogen-bond acceptors (Lipinski definition) is 3. The molecule has 1 aliphatic heterocycles. The van der Waals surface area contributed by atoms with E-state index >= 15 is 0 Å². The van der Waals surface area contributed by atoms with E-state index in [1.165, 1.54) is 0 Å². The van der Waals surface area contributed by atoms with Crippen molar-refractivity contribution >= 4 is 11.8 Å². The molecule has 1 atom stereocenters. The van der Waals surface area contributed by atoms with Gasteiger partial charge in [0.25, 0.3) is 5.91 Å². The van der Waals surface area contributed by atoms with Crippen LogP contribution in [0.15, 0.2) is 24.3 Å². The highest BCUT2D eigenvalue weighted by atomic mass is 16.2. The van der Waals surface area contributed by atoms with Gasteiger partial charge in [-0.05, 0) is 24.7 Å². The lowest BCUT2D eigenvalue weighted by atomic mass is 10.00. The Morgan fingerprint density at radius 2 is 2.05 bits per heavy atom. The van der Waals surface area contributed by atoms with Crippen LogP contribution in [0.3, 0.4) is 0 Å². The third kappa shape index (κ3) is 2.99. The van der Waals surface area contributed by atoms with Crippen molar-refractivity contribution in [3.8, 4) is 0 Å². The standard InChI is InChI=1S/C15H21N3O2/c1-11(19)18-8-7-17(3)14(10-18)12-5-4-6-13(9-12)15(20)16-2/h4-6,9,14H,7-8,10H2,1-3H3,(H,16,20). The van der Waals surface area contributed by atoms with E-state index in [0.29, 0.717) is 12.1 Å². The molecule has 20 heavy (non-hydrogen) atoms.